The first kappa shape index (κ1) is 12.9. The molecule has 18 heavy (non-hydrogen) atoms. The Morgan fingerprint density at radius 1 is 1.22 bits per heavy atom. The fraction of sp³-hybridized carbons (Fsp3) is 0.214. The van der Waals surface area contributed by atoms with Gasteiger partial charge in [0.1, 0.15) is 5.75 Å². The largest absolute Gasteiger partial charge is 0.495 e. The predicted octanol–water partition coefficient (Wildman–Crippen LogP) is 3.13. The molecule has 0 aliphatic carbocycles. The number of nitrogens with one attached hydrogen (secondary N) is 1. The predicted molar refractivity (Wildman–Crippen MR) is 74.0 cm³/mol. The van der Waals surface area contributed by atoms with Crippen molar-refractivity contribution in [2.75, 3.05) is 14.2 Å². The zero-order valence-electron chi connectivity index (χ0n) is 10.4. The van der Waals surface area contributed by atoms with Gasteiger partial charge < -0.3 is 10.1 Å². The SMILES string of the molecule is CNCc1cncc(-c2ccc(OC)c(Cl)c2)c1. The second-order valence-corrected chi connectivity index (χ2v) is 4.37. The zero-order chi connectivity index (χ0) is 13.0. The molecule has 1 N–H and O–H groups in total. The average Bonchev–Trinajstić information content (AvgIpc) is 2.39. The van der Waals surface area contributed by atoms with Crippen LogP contribution in [0.4, 0.5) is 0 Å². The van der Waals surface area contributed by atoms with Gasteiger partial charge in [0.15, 0.2) is 0 Å². The Bertz CT molecular complexity index is 543. The van der Waals surface area contributed by atoms with Gasteiger partial charge in [-0.2, -0.15) is 0 Å². The molecule has 4 heteroatoms. The Morgan fingerprint density at radius 3 is 2.72 bits per heavy atom. The lowest BCUT2D eigenvalue weighted by atomic mass is 10.1. The van der Waals surface area contributed by atoms with Crippen LogP contribution >= 0.6 is 11.6 Å². The molecule has 94 valence electrons. The van der Waals surface area contributed by atoms with Crippen molar-refractivity contribution in [3.05, 3.63) is 47.2 Å². The van der Waals surface area contributed by atoms with Crippen LogP contribution in [-0.4, -0.2) is 19.1 Å². The molecule has 0 bridgehead atoms. The van der Waals surface area contributed by atoms with E-state index in [4.69, 9.17) is 16.3 Å². The fourth-order valence-electron chi connectivity index (χ4n) is 1.79. The molecule has 0 aliphatic heterocycles. The van der Waals surface area contributed by atoms with Crippen LogP contribution in [0.15, 0.2) is 36.7 Å². The normalized spacial score (nSPS) is 10.4. The van der Waals surface area contributed by atoms with Crippen LogP contribution < -0.4 is 10.1 Å². The lowest BCUT2D eigenvalue weighted by Crippen LogP contribution is -2.05. The zero-order valence-corrected chi connectivity index (χ0v) is 11.2. The molecule has 3 nitrogen and oxygen atoms in total. The Balaban J connectivity index is 2.36. The molecular weight excluding hydrogens is 248 g/mol. The minimum atomic E-state index is 0.606. The number of aromatic nitrogens is 1. The highest BCUT2D eigenvalue weighted by atomic mass is 35.5. The Labute approximate surface area is 112 Å². The van der Waals surface area contributed by atoms with Crippen molar-refractivity contribution in [1.82, 2.24) is 10.3 Å². The van der Waals surface area contributed by atoms with Crippen LogP contribution in [0.2, 0.25) is 5.02 Å². The summed E-state index contributed by atoms with van der Waals surface area (Å²) in [6.45, 7) is 0.796. The quantitative estimate of drug-likeness (QED) is 0.919. The summed E-state index contributed by atoms with van der Waals surface area (Å²) >= 11 is 6.12. The van der Waals surface area contributed by atoms with Crippen molar-refractivity contribution in [1.29, 1.82) is 0 Å². The molecule has 2 rings (SSSR count). The van der Waals surface area contributed by atoms with Crippen molar-refractivity contribution < 1.29 is 4.74 Å². The third-order valence-electron chi connectivity index (χ3n) is 2.66. The van der Waals surface area contributed by atoms with Gasteiger partial charge in [0.2, 0.25) is 0 Å². The van der Waals surface area contributed by atoms with Crippen molar-refractivity contribution >= 4 is 11.6 Å². The maximum Gasteiger partial charge on any atom is 0.137 e. The van der Waals surface area contributed by atoms with Crippen molar-refractivity contribution in [3.8, 4) is 16.9 Å². The number of hydrogen-bond donors (Lipinski definition) is 1. The first-order valence-corrected chi connectivity index (χ1v) is 6.05. The summed E-state index contributed by atoms with van der Waals surface area (Å²) < 4.78 is 5.14. The van der Waals surface area contributed by atoms with E-state index in [1.54, 1.807) is 7.11 Å². The van der Waals surface area contributed by atoms with Gasteiger partial charge in [-0.05, 0) is 36.4 Å². The van der Waals surface area contributed by atoms with E-state index in [0.29, 0.717) is 10.8 Å². The number of hydrogen-bond acceptors (Lipinski definition) is 3. The molecule has 1 aromatic carbocycles. The van der Waals surface area contributed by atoms with Crippen molar-refractivity contribution in [3.63, 3.8) is 0 Å². The Morgan fingerprint density at radius 2 is 2.06 bits per heavy atom. The van der Waals surface area contributed by atoms with E-state index in [9.17, 15) is 0 Å². The minimum Gasteiger partial charge on any atom is -0.495 e. The monoisotopic (exact) mass is 262 g/mol. The second-order valence-electron chi connectivity index (χ2n) is 3.96. The highest BCUT2D eigenvalue weighted by Crippen LogP contribution is 2.30. The van der Waals surface area contributed by atoms with Gasteiger partial charge in [-0.15, -0.1) is 0 Å². The third-order valence-corrected chi connectivity index (χ3v) is 2.96. The molecule has 0 aliphatic rings. The lowest BCUT2D eigenvalue weighted by molar-refractivity contribution is 0.415. The average molecular weight is 263 g/mol. The molecule has 0 atom stereocenters. The molecule has 0 saturated heterocycles. The van der Waals surface area contributed by atoms with Gasteiger partial charge >= 0.3 is 0 Å². The fourth-order valence-corrected chi connectivity index (χ4v) is 2.05. The molecule has 2 aromatic rings. The van der Waals surface area contributed by atoms with Crippen LogP contribution in [0.3, 0.4) is 0 Å². The van der Waals surface area contributed by atoms with Gasteiger partial charge in [-0.25, -0.2) is 0 Å². The summed E-state index contributed by atoms with van der Waals surface area (Å²) in [7, 11) is 3.52. The molecule has 0 spiro atoms. The lowest BCUT2D eigenvalue weighted by Gasteiger charge is -2.07. The van der Waals surface area contributed by atoms with Gasteiger partial charge in [0, 0.05) is 24.5 Å². The van der Waals surface area contributed by atoms with Crippen LogP contribution in [0.5, 0.6) is 5.75 Å². The van der Waals surface area contributed by atoms with E-state index in [2.05, 4.69) is 16.4 Å². The summed E-state index contributed by atoms with van der Waals surface area (Å²) in [5.41, 5.74) is 3.22. The van der Waals surface area contributed by atoms with E-state index < -0.39 is 0 Å². The summed E-state index contributed by atoms with van der Waals surface area (Å²) in [5.74, 6) is 0.680. The maximum absolute atomic E-state index is 6.12. The van der Waals surface area contributed by atoms with E-state index in [-0.39, 0.29) is 0 Å². The summed E-state index contributed by atoms with van der Waals surface area (Å²) in [6.07, 6.45) is 3.68. The summed E-state index contributed by atoms with van der Waals surface area (Å²) in [4.78, 5) is 4.24. The van der Waals surface area contributed by atoms with Crippen molar-refractivity contribution in [2.45, 2.75) is 6.54 Å². The number of nitrogens with zero attached hydrogens (tertiary/aromatic N) is 1. The van der Waals surface area contributed by atoms with Crippen LogP contribution in [0.25, 0.3) is 11.1 Å². The van der Waals surface area contributed by atoms with E-state index in [1.165, 1.54) is 0 Å². The van der Waals surface area contributed by atoms with Crippen LogP contribution in [0, 0.1) is 0 Å². The Hall–Kier alpha value is -1.58. The summed E-state index contributed by atoms with van der Waals surface area (Å²) in [6, 6.07) is 7.83. The number of rotatable bonds is 4. The topological polar surface area (TPSA) is 34.2 Å². The third kappa shape index (κ3) is 2.81. The highest BCUT2D eigenvalue weighted by molar-refractivity contribution is 6.32. The Kier molecular flexibility index (Phi) is 4.18. The van der Waals surface area contributed by atoms with Gasteiger partial charge in [0.05, 0.1) is 12.1 Å². The number of benzene rings is 1. The molecule has 0 radical (unpaired) electrons. The minimum absolute atomic E-state index is 0.606. The smallest absolute Gasteiger partial charge is 0.137 e. The highest BCUT2D eigenvalue weighted by Gasteiger charge is 2.04. The molecular formula is C14H15ClN2O. The first-order chi connectivity index (χ1) is 8.74. The molecule has 1 heterocycles. The van der Waals surface area contributed by atoms with Gasteiger partial charge in [-0.1, -0.05) is 17.7 Å². The number of ether oxygens (including phenoxy) is 1. The molecule has 0 saturated carbocycles. The second kappa shape index (κ2) is 5.85. The molecule has 0 fully saturated rings. The molecule has 0 amide bonds. The summed E-state index contributed by atoms with van der Waals surface area (Å²) in [5, 5.41) is 3.71. The standard InChI is InChI=1S/C14H15ClN2O/c1-16-7-10-5-12(9-17-8-10)11-3-4-14(18-2)13(15)6-11/h3-6,8-9,16H,7H2,1-2H3. The first-order valence-electron chi connectivity index (χ1n) is 5.67. The van der Waals surface area contributed by atoms with Gasteiger partial charge in [0.25, 0.3) is 0 Å². The van der Waals surface area contributed by atoms with E-state index in [1.807, 2.05) is 37.6 Å². The number of pyridine rings is 1. The van der Waals surface area contributed by atoms with Crippen LogP contribution in [-0.2, 0) is 6.54 Å². The molecule has 0 unspecified atom stereocenters. The van der Waals surface area contributed by atoms with Crippen LogP contribution in [0.1, 0.15) is 5.56 Å². The van der Waals surface area contributed by atoms with E-state index >= 15 is 0 Å². The number of halogens is 1. The van der Waals surface area contributed by atoms with Crippen molar-refractivity contribution in [2.24, 2.45) is 0 Å². The number of methoxy groups -OCH3 is 1. The van der Waals surface area contributed by atoms with E-state index in [0.717, 1.165) is 23.2 Å². The van der Waals surface area contributed by atoms with Gasteiger partial charge in [-0.3, -0.25) is 4.98 Å². The molecule has 1 aromatic heterocycles. The maximum atomic E-state index is 6.12.